The molecule has 0 fully saturated rings. The summed E-state index contributed by atoms with van der Waals surface area (Å²) >= 11 is 0. The average molecular weight is 469 g/mol. The lowest BCUT2D eigenvalue weighted by atomic mass is 9.96. The van der Waals surface area contributed by atoms with Crippen LogP contribution in [0.5, 0.6) is 0 Å². The standard InChI is InChI=1S/C24H22F3N5O2/c1-3-23(34,24(25,26)27)21-13-32(31-30-21)12-15-6-9-17-18(16-7-4-14(2)5-8-16)11-20(22(28)33)29-19(17)10-15/h4-11,13,34H,3,12H2,1-2H3,(H2,28,33)/t23-/m0/s1. The molecular formula is C24H22F3N5O2. The predicted molar refractivity (Wildman–Crippen MR) is 120 cm³/mol. The van der Waals surface area contributed by atoms with E-state index in [1.165, 1.54) is 11.6 Å². The van der Waals surface area contributed by atoms with Crippen LogP contribution in [0.4, 0.5) is 13.2 Å². The van der Waals surface area contributed by atoms with Gasteiger partial charge >= 0.3 is 6.18 Å². The van der Waals surface area contributed by atoms with Crippen LogP contribution in [0.25, 0.3) is 22.0 Å². The highest BCUT2D eigenvalue weighted by molar-refractivity contribution is 6.00. The average Bonchev–Trinajstić information content (AvgIpc) is 3.26. The van der Waals surface area contributed by atoms with E-state index in [9.17, 15) is 23.1 Å². The van der Waals surface area contributed by atoms with Gasteiger partial charge in [0.2, 0.25) is 5.60 Å². The van der Waals surface area contributed by atoms with Gasteiger partial charge < -0.3 is 10.8 Å². The summed E-state index contributed by atoms with van der Waals surface area (Å²) in [5.41, 5.74) is 5.88. The summed E-state index contributed by atoms with van der Waals surface area (Å²) in [6, 6.07) is 14.8. The largest absolute Gasteiger partial charge is 0.423 e. The van der Waals surface area contributed by atoms with Crippen LogP contribution in [-0.4, -0.2) is 37.2 Å². The number of pyridine rings is 1. The second kappa shape index (κ2) is 8.53. The molecule has 1 amide bonds. The molecule has 0 aliphatic carbocycles. The Morgan fingerprint density at radius 3 is 2.44 bits per heavy atom. The first-order chi connectivity index (χ1) is 16.0. The van der Waals surface area contributed by atoms with E-state index in [0.717, 1.165) is 28.3 Å². The minimum absolute atomic E-state index is 0.0862. The fraction of sp³-hybridized carbons (Fsp3) is 0.250. The van der Waals surface area contributed by atoms with E-state index in [0.29, 0.717) is 11.1 Å². The van der Waals surface area contributed by atoms with Crippen molar-refractivity contribution in [1.29, 1.82) is 0 Å². The topological polar surface area (TPSA) is 107 Å². The third-order valence-corrected chi connectivity index (χ3v) is 5.78. The molecule has 0 radical (unpaired) electrons. The van der Waals surface area contributed by atoms with E-state index in [1.807, 2.05) is 37.3 Å². The molecule has 1 atom stereocenters. The van der Waals surface area contributed by atoms with E-state index in [1.54, 1.807) is 18.2 Å². The van der Waals surface area contributed by atoms with Gasteiger partial charge in [-0.15, -0.1) is 5.10 Å². The molecule has 0 unspecified atom stereocenters. The molecule has 7 nitrogen and oxygen atoms in total. The maximum absolute atomic E-state index is 13.3. The summed E-state index contributed by atoms with van der Waals surface area (Å²) < 4.78 is 41.2. The maximum Gasteiger partial charge on any atom is 0.423 e. The molecule has 0 saturated carbocycles. The highest BCUT2D eigenvalue weighted by Gasteiger charge is 2.55. The van der Waals surface area contributed by atoms with Gasteiger partial charge in [0.15, 0.2) is 0 Å². The normalized spacial score (nSPS) is 13.7. The van der Waals surface area contributed by atoms with Gasteiger partial charge in [-0.1, -0.05) is 54.1 Å². The molecule has 0 aliphatic rings. The van der Waals surface area contributed by atoms with Crippen molar-refractivity contribution in [3.63, 3.8) is 0 Å². The van der Waals surface area contributed by atoms with Crippen LogP contribution in [0.2, 0.25) is 0 Å². The summed E-state index contributed by atoms with van der Waals surface area (Å²) in [4.78, 5) is 16.2. The van der Waals surface area contributed by atoms with Crippen molar-refractivity contribution in [3.05, 3.63) is 77.2 Å². The van der Waals surface area contributed by atoms with Crippen LogP contribution < -0.4 is 5.73 Å². The summed E-state index contributed by atoms with van der Waals surface area (Å²) in [5, 5.41) is 18.2. The number of carbonyl (C=O) groups is 1. The number of hydrogen-bond donors (Lipinski definition) is 2. The lowest BCUT2D eigenvalue weighted by Crippen LogP contribution is -2.42. The summed E-state index contributed by atoms with van der Waals surface area (Å²) in [6.07, 6.45) is -4.40. The lowest BCUT2D eigenvalue weighted by Gasteiger charge is -2.26. The lowest BCUT2D eigenvalue weighted by molar-refractivity contribution is -0.269. The van der Waals surface area contributed by atoms with Crippen molar-refractivity contribution < 1.29 is 23.1 Å². The molecule has 0 spiro atoms. The van der Waals surface area contributed by atoms with Crippen molar-refractivity contribution in [2.24, 2.45) is 5.73 Å². The first kappa shape index (κ1) is 23.4. The van der Waals surface area contributed by atoms with Gasteiger partial charge in [-0.25, -0.2) is 9.67 Å². The minimum atomic E-state index is -4.88. The van der Waals surface area contributed by atoms with Gasteiger partial charge in [0.1, 0.15) is 11.4 Å². The van der Waals surface area contributed by atoms with Crippen LogP contribution in [0.3, 0.4) is 0 Å². The third-order valence-electron chi connectivity index (χ3n) is 5.78. The summed E-state index contributed by atoms with van der Waals surface area (Å²) in [7, 11) is 0. The number of nitrogens with zero attached hydrogens (tertiary/aromatic N) is 4. The number of amides is 1. The van der Waals surface area contributed by atoms with Gasteiger partial charge in [-0.2, -0.15) is 13.2 Å². The Kier molecular flexibility index (Phi) is 5.86. The Labute approximate surface area is 193 Å². The zero-order valence-electron chi connectivity index (χ0n) is 18.5. The SMILES string of the molecule is CC[C@](O)(c1cn(Cc2ccc3c(-c4ccc(C)cc4)cc(C(N)=O)nc3c2)nn1)C(F)(F)F. The van der Waals surface area contributed by atoms with Crippen molar-refractivity contribution in [1.82, 2.24) is 20.0 Å². The van der Waals surface area contributed by atoms with Crippen LogP contribution >= 0.6 is 0 Å². The van der Waals surface area contributed by atoms with E-state index < -0.39 is 29.8 Å². The zero-order valence-corrected chi connectivity index (χ0v) is 18.5. The molecule has 0 bridgehead atoms. The number of benzene rings is 2. The Morgan fingerprint density at radius 2 is 1.82 bits per heavy atom. The van der Waals surface area contributed by atoms with Crippen molar-refractivity contribution in [2.75, 3.05) is 0 Å². The Balaban J connectivity index is 1.73. The fourth-order valence-corrected chi connectivity index (χ4v) is 3.75. The molecule has 4 rings (SSSR count). The second-order valence-electron chi connectivity index (χ2n) is 8.15. The number of aliphatic hydroxyl groups is 1. The number of halogens is 3. The summed E-state index contributed by atoms with van der Waals surface area (Å²) in [5.74, 6) is -0.674. The number of rotatable bonds is 6. The number of aromatic nitrogens is 4. The maximum atomic E-state index is 13.3. The van der Waals surface area contributed by atoms with Crippen LogP contribution in [0.1, 0.15) is 40.7 Å². The molecule has 34 heavy (non-hydrogen) atoms. The van der Waals surface area contributed by atoms with E-state index in [4.69, 9.17) is 5.73 Å². The molecule has 2 aromatic heterocycles. The molecule has 176 valence electrons. The van der Waals surface area contributed by atoms with Gasteiger partial charge in [0, 0.05) is 5.39 Å². The van der Waals surface area contributed by atoms with Crippen LogP contribution in [0, 0.1) is 6.92 Å². The number of hydrogen-bond acceptors (Lipinski definition) is 5. The van der Waals surface area contributed by atoms with Crippen molar-refractivity contribution in [3.8, 4) is 11.1 Å². The van der Waals surface area contributed by atoms with Gasteiger partial charge in [-0.05, 0) is 42.2 Å². The Bertz CT molecular complexity index is 1370. The predicted octanol–water partition coefficient (Wildman–Crippen LogP) is 4.11. The van der Waals surface area contributed by atoms with E-state index in [-0.39, 0.29) is 12.2 Å². The number of nitrogens with two attached hydrogens (primary N) is 1. The highest BCUT2D eigenvalue weighted by Crippen LogP contribution is 2.40. The molecular weight excluding hydrogens is 447 g/mol. The quantitative estimate of drug-likeness (QED) is 0.442. The zero-order chi connectivity index (χ0) is 24.7. The minimum Gasteiger partial charge on any atom is -0.375 e. The number of carbonyl (C=O) groups excluding carboxylic acids is 1. The number of primary amides is 1. The molecule has 2 aromatic carbocycles. The monoisotopic (exact) mass is 469 g/mol. The number of alkyl halides is 3. The van der Waals surface area contributed by atoms with Crippen molar-refractivity contribution >= 4 is 16.8 Å². The second-order valence-corrected chi connectivity index (χ2v) is 8.15. The molecule has 2 heterocycles. The first-order valence-corrected chi connectivity index (χ1v) is 10.5. The molecule has 0 saturated heterocycles. The van der Waals surface area contributed by atoms with E-state index >= 15 is 0 Å². The molecule has 3 N–H and O–H groups in total. The number of fused-ring (bicyclic) bond motifs is 1. The first-order valence-electron chi connectivity index (χ1n) is 10.5. The molecule has 0 aliphatic heterocycles. The Morgan fingerprint density at radius 1 is 1.12 bits per heavy atom. The summed E-state index contributed by atoms with van der Waals surface area (Å²) in [6.45, 7) is 3.29. The fourth-order valence-electron chi connectivity index (χ4n) is 3.75. The van der Waals surface area contributed by atoms with Gasteiger partial charge in [-0.3, -0.25) is 4.79 Å². The van der Waals surface area contributed by atoms with Gasteiger partial charge in [0.05, 0.1) is 18.3 Å². The van der Waals surface area contributed by atoms with Crippen LogP contribution in [0.15, 0.2) is 54.7 Å². The highest BCUT2D eigenvalue weighted by atomic mass is 19.4. The van der Waals surface area contributed by atoms with E-state index in [2.05, 4.69) is 15.3 Å². The smallest absolute Gasteiger partial charge is 0.375 e. The third kappa shape index (κ3) is 4.24. The van der Waals surface area contributed by atoms with Crippen molar-refractivity contribution in [2.45, 2.75) is 38.6 Å². The Hall–Kier alpha value is -3.79. The van der Waals surface area contributed by atoms with Crippen LogP contribution in [-0.2, 0) is 12.1 Å². The molecule has 10 heteroatoms. The molecule has 4 aromatic rings. The number of aryl methyl sites for hydroxylation is 1. The van der Waals surface area contributed by atoms with Gasteiger partial charge in [0.25, 0.3) is 5.91 Å².